The highest BCUT2D eigenvalue weighted by Crippen LogP contribution is 2.28. The highest BCUT2D eigenvalue weighted by Gasteiger charge is 2.39. The van der Waals surface area contributed by atoms with E-state index in [4.69, 9.17) is 5.73 Å². The lowest BCUT2D eigenvalue weighted by Crippen LogP contribution is -2.56. The molecule has 0 bridgehead atoms. The fourth-order valence-electron chi connectivity index (χ4n) is 2.63. The van der Waals surface area contributed by atoms with Crippen molar-refractivity contribution in [3.63, 3.8) is 0 Å². The van der Waals surface area contributed by atoms with Crippen LogP contribution in [0.1, 0.15) is 17.7 Å². The van der Waals surface area contributed by atoms with Gasteiger partial charge >= 0.3 is 0 Å². The average Bonchev–Trinajstić information content (AvgIpc) is 2.90. The largest absolute Gasteiger partial charge is 0.329 e. The molecule has 1 saturated heterocycles. The molecule has 6 heteroatoms. The van der Waals surface area contributed by atoms with E-state index >= 15 is 0 Å². The Balaban J connectivity index is 1.97. The van der Waals surface area contributed by atoms with E-state index in [1.165, 1.54) is 4.88 Å². The van der Waals surface area contributed by atoms with E-state index in [-0.39, 0.29) is 17.0 Å². The lowest BCUT2D eigenvalue weighted by molar-refractivity contribution is 0.115. The van der Waals surface area contributed by atoms with Gasteiger partial charge in [-0.15, -0.1) is 11.3 Å². The zero-order valence-electron chi connectivity index (χ0n) is 11.3. The van der Waals surface area contributed by atoms with Crippen molar-refractivity contribution in [2.75, 3.05) is 31.6 Å². The number of likely N-dealkylation sites (N-methyl/N-ethyl adjacent to an activating group) is 1. The van der Waals surface area contributed by atoms with Crippen LogP contribution >= 0.6 is 11.3 Å². The monoisotopic (exact) mass is 302 g/mol. The van der Waals surface area contributed by atoms with Gasteiger partial charge in [-0.1, -0.05) is 6.07 Å². The van der Waals surface area contributed by atoms with Gasteiger partial charge in [0, 0.05) is 23.5 Å². The smallest absolute Gasteiger partial charge is 0.150 e. The van der Waals surface area contributed by atoms with Crippen LogP contribution in [0.3, 0.4) is 0 Å². The van der Waals surface area contributed by atoms with Crippen LogP contribution in [0.25, 0.3) is 0 Å². The van der Waals surface area contributed by atoms with Gasteiger partial charge in [-0.25, -0.2) is 8.42 Å². The molecule has 0 radical (unpaired) electrons. The van der Waals surface area contributed by atoms with Crippen molar-refractivity contribution in [3.8, 4) is 0 Å². The van der Waals surface area contributed by atoms with Crippen molar-refractivity contribution in [1.29, 1.82) is 0 Å². The van der Waals surface area contributed by atoms with Crippen LogP contribution in [0.2, 0.25) is 0 Å². The molecule has 1 aromatic heterocycles. The topological polar surface area (TPSA) is 63.4 Å². The molecule has 0 atom stereocenters. The summed E-state index contributed by atoms with van der Waals surface area (Å²) in [6, 6.07) is 4.20. The molecule has 2 rings (SSSR count). The maximum Gasteiger partial charge on any atom is 0.150 e. The summed E-state index contributed by atoms with van der Waals surface area (Å²) in [6.45, 7) is 1.46. The molecular formula is C13H22N2O2S2. The Morgan fingerprint density at radius 1 is 1.42 bits per heavy atom. The fourth-order valence-corrected chi connectivity index (χ4v) is 4.91. The van der Waals surface area contributed by atoms with E-state index in [2.05, 4.69) is 29.5 Å². The minimum Gasteiger partial charge on any atom is -0.329 e. The normalized spacial score (nSPS) is 21.6. The molecule has 1 fully saturated rings. The number of rotatable bonds is 5. The molecule has 19 heavy (non-hydrogen) atoms. The number of nitrogens with zero attached hydrogens (tertiary/aromatic N) is 1. The second kappa shape index (κ2) is 5.91. The van der Waals surface area contributed by atoms with Gasteiger partial charge in [-0.05, 0) is 37.8 Å². The third-order valence-corrected chi connectivity index (χ3v) is 6.81. The van der Waals surface area contributed by atoms with Gasteiger partial charge in [0.1, 0.15) is 9.84 Å². The molecular weight excluding hydrogens is 280 g/mol. The summed E-state index contributed by atoms with van der Waals surface area (Å²) < 4.78 is 23.1. The standard InChI is InChI=1S/C13H22N2O2S2/c1-15(7-4-12-3-2-8-18-12)13(11-14)5-9-19(16,17)10-6-13/h2-3,8H,4-7,9-11,14H2,1H3. The first-order valence-corrected chi connectivity index (χ1v) is 9.32. The van der Waals surface area contributed by atoms with E-state index in [1.54, 1.807) is 11.3 Å². The van der Waals surface area contributed by atoms with Crippen LogP contribution in [0, 0.1) is 0 Å². The Hall–Kier alpha value is -0.430. The molecule has 0 aromatic carbocycles. The molecule has 1 aliphatic rings. The van der Waals surface area contributed by atoms with Gasteiger partial charge in [0.15, 0.2) is 0 Å². The predicted octanol–water partition coefficient (Wildman–Crippen LogP) is 1.13. The van der Waals surface area contributed by atoms with Gasteiger partial charge in [0.25, 0.3) is 0 Å². The Morgan fingerprint density at radius 3 is 2.63 bits per heavy atom. The zero-order chi connectivity index (χ0) is 13.9. The van der Waals surface area contributed by atoms with Crippen molar-refractivity contribution < 1.29 is 8.42 Å². The Morgan fingerprint density at radius 2 is 2.11 bits per heavy atom. The molecule has 0 spiro atoms. The molecule has 1 aliphatic heterocycles. The van der Waals surface area contributed by atoms with Crippen molar-refractivity contribution in [2.45, 2.75) is 24.8 Å². The molecule has 2 N–H and O–H groups in total. The molecule has 4 nitrogen and oxygen atoms in total. The van der Waals surface area contributed by atoms with Crippen LogP contribution < -0.4 is 5.73 Å². The average molecular weight is 302 g/mol. The second-order valence-corrected chi connectivity index (χ2v) is 8.67. The van der Waals surface area contributed by atoms with Crippen LogP contribution in [-0.2, 0) is 16.3 Å². The number of thiophene rings is 1. The molecule has 0 unspecified atom stereocenters. The van der Waals surface area contributed by atoms with Crippen LogP contribution in [-0.4, -0.2) is 50.5 Å². The quantitative estimate of drug-likeness (QED) is 0.885. The lowest BCUT2D eigenvalue weighted by atomic mass is 9.90. The molecule has 0 amide bonds. The van der Waals surface area contributed by atoms with Crippen LogP contribution in [0.5, 0.6) is 0 Å². The third kappa shape index (κ3) is 3.56. The Bertz CT molecular complexity index is 483. The van der Waals surface area contributed by atoms with Crippen molar-refractivity contribution in [3.05, 3.63) is 22.4 Å². The zero-order valence-corrected chi connectivity index (χ0v) is 13.0. The lowest BCUT2D eigenvalue weighted by Gasteiger charge is -2.43. The van der Waals surface area contributed by atoms with Gasteiger partial charge < -0.3 is 5.73 Å². The number of hydrogen-bond acceptors (Lipinski definition) is 5. The summed E-state index contributed by atoms with van der Waals surface area (Å²) in [5, 5.41) is 2.08. The summed E-state index contributed by atoms with van der Waals surface area (Å²) in [6.07, 6.45) is 2.32. The molecule has 0 saturated carbocycles. The van der Waals surface area contributed by atoms with Gasteiger partial charge in [0.05, 0.1) is 11.5 Å². The minimum atomic E-state index is -2.84. The van der Waals surface area contributed by atoms with Gasteiger partial charge in [0.2, 0.25) is 0 Å². The van der Waals surface area contributed by atoms with E-state index in [1.807, 2.05) is 0 Å². The van der Waals surface area contributed by atoms with E-state index in [9.17, 15) is 8.42 Å². The fraction of sp³-hybridized carbons (Fsp3) is 0.692. The van der Waals surface area contributed by atoms with Crippen LogP contribution in [0.15, 0.2) is 17.5 Å². The summed E-state index contributed by atoms with van der Waals surface area (Å²) in [7, 11) is -0.768. The summed E-state index contributed by atoms with van der Waals surface area (Å²) in [4.78, 5) is 3.63. The Labute approximate surface area is 119 Å². The highest BCUT2D eigenvalue weighted by atomic mass is 32.2. The summed E-state index contributed by atoms with van der Waals surface area (Å²) in [5.41, 5.74) is 5.81. The maximum atomic E-state index is 11.6. The third-order valence-electron chi connectivity index (χ3n) is 4.22. The van der Waals surface area contributed by atoms with Crippen LogP contribution in [0.4, 0.5) is 0 Å². The highest BCUT2D eigenvalue weighted by molar-refractivity contribution is 7.91. The maximum absolute atomic E-state index is 11.6. The number of nitrogens with two attached hydrogens (primary N) is 1. The molecule has 2 heterocycles. The first-order chi connectivity index (χ1) is 8.97. The van der Waals surface area contributed by atoms with Gasteiger partial charge in [-0.2, -0.15) is 0 Å². The first-order valence-electron chi connectivity index (χ1n) is 6.62. The van der Waals surface area contributed by atoms with Gasteiger partial charge in [-0.3, -0.25) is 4.90 Å². The van der Waals surface area contributed by atoms with Crippen molar-refractivity contribution >= 4 is 21.2 Å². The van der Waals surface area contributed by atoms with E-state index < -0.39 is 9.84 Å². The number of sulfone groups is 1. The minimum absolute atomic E-state index is 0.136. The molecule has 108 valence electrons. The van der Waals surface area contributed by atoms with E-state index in [0.717, 1.165) is 13.0 Å². The number of hydrogen-bond donors (Lipinski definition) is 1. The summed E-state index contributed by atoms with van der Waals surface area (Å²) in [5.74, 6) is 0.543. The molecule has 0 aliphatic carbocycles. The van der Waals surface area contributed by atoms with Crippen molar-refractivity contribution in [2.24, 2.45) is 5.73 Å². The Kier molecular flexibility index (Phi) is 4.66. The van der Waals surface area contributed by atoms with Crippen molar-refractivity contribution in [1.82, 2.24) is 4.90 Å². The summed E-state index contributed by atoms with van der Waals surface area (Å²) >= 11 is 1.76. The molecule has 1 aromatic rings. The predicted molar refractivity (Wildman–Crippen MR) is 80.3 cm³/mol. The SMILES string of the molecule is CN(CCc1cccs1)C1(CN)CCS(=O)(=O)CC1. The second-order valence-electron chi connectivity index (χ2n) is 5.33. The van der Waals surface area contributed by atoms with E-state index in [0.29, 0.717) is 19.4 Å². The first kappa shape index (κ1) is 15.0.